The molecule has 0 N–H and O–H groups in total. The van der Waals surface area contributed by atoms with Crippen LogP contribution >= 0.6 is 0 Å². The van der Waals surface area contributed by atoms with Gasteiger partial charge in [0.05, 0.1) is 0 Å². The van der Waals surface area contributed by atoms with Crippen LogP contribution < -0.4 is 0 Å². The van der Waals surface area contributed by atoms with E-state index in [0.717, 1.165) is 12.1 Å². The van der Waals surface area contributed by atoms with Crippen LogP contribution in [0.2, 0.25) is 0 Å². The summed E-state index contributed by atoms with van der Waals surface area (Å²) in [6, 6.07) is 8.34. The molecule has 0 aliphatic carbocycles. The van der Waals surface area contributed by atoms with Gasteiger partial charge in [0.1, 0.15) is 0 Å². The smallest absolute Gasteiger partial charge is 0.0372 e. The number of hydrogen-bond acceptors (Lipinski definition) is 2. The molecule has 0 spiro atoms. The van der Waals surface area contributed by atoms with Crippen molar-refractivity contribution >= 4 is 0 Å². The maximum absolute atomic E-state index is 4.34. The van der Waals surface area contributed by atoms with E-state index in [-0.39, 0.29) is 5.41 Å². The maximum Gasteiger partial charge on any atom is 0.0372 e. The third kappa shape index (κ3) is 2.90. The van der Waals surface area contributed by atoms with Crippen LogP contribution in [0, 0.1) is 6.92 Å². The highest BCUT2D eigenvalue weighted by Crippen LogP contribution is 2.26. The quantitative estimate of drug-likeness (QED) is 0.802. The molecule has 88 valence electrons. The van der Waals surface area contributed by atoms with E-state index in [4.69, 9.17) is 0 Å². The van der Waals surface area contributed by atoms with Gasteiger partial charge in [0, 0.05) is 24.3 Å². The second-order valence-electron chi connectivity index (χ2n) is 5.11. The summed E-state index contributed by atoms with van der Waals surface area (Å²) in [5, 5.41) is 0. The normalized spacial score (nSPS) is 11.5. The van der Waals surface area contributed by atoms with E-state index in [0.29, 0.717) is 0 Å². The molecule has 0 atom stereocenters. The van der Waals surface area contributed by atoms with Crippen molar-refractivity contribution in [1.82, 2.24) is 9.97 Å². The molecule has 0 radical (unpaired) electrons. The number of rotatable bonds is 3. The first kappa shape index (κ1) is 11.8. The van der Waals surface area contributed by atoms with Gasteiger partial charge in [0.2, 0.25) is 0 Å². The molecule has 0 saturated heterocycles. The van der Waals surface area contributed by atoms with Gasteiger partial charge in [0.15, 0.2) is 0 Å². The highest BCUT2D eigenvalue weighted by atomic mass is 14.7. The van der Waals surface area contributed by atoms with Crippen molar-refractivity contribution in [3.8, 4) is 0 Å². The van der Waals surface area contributed by atoms with Crippen LogP contribution in [0.3, 0.4) is 0 Å². The number of pyridine rings is 2. The van der Waals surface area contributed by atoms with Gasteiger partial charge in [-0.2, -0.15) is 0 Å². The number of aryl methyl sites for hydroxylation is 1. The van der Waals surface area contributed by atoms with Gasteiger partial charge in [-0.3, -0.25) is 9.97 Å². The van der Waals surface area contributed by atoms with Crippen molar-refractivity contribution in [2.24, 2.45) is 0 Å². The van der Waals surface area contributed by atoms with Crippen molar-refractivity contribution in [2.75, 3.05) is 0 Å². The van der Waals surface area contributed by atoms with Gasteiger partial charge in [-0.15, -0.1) is 0 Å². The molecule has 0 saturated carbocycles. The Hall–Kier alpha value is -1.70. The predicted molar refractivity (Wildman–Crippen MR) is 69.9 cm³/mol. The molecule has 0 bridgehead atoms. The lowest BCUT2D eigenvalue weighted by atomic mass is 9.80. The Bertz CT molecular complexity index is 472. The van der Waals surface area contributed by atoms with E-state index < -0.39 is 0 Å². The molecule has 2 aromatic rings. The fraction of sp³-hybridized carbons (Fsp3) is 0.333. The van der Waals surface area contributed by atoms with Crippen LogP contribution in [-0.2, 0) is 11.8 Å². The number of hydrogen-bond donors (Lipinski definition) is 0. The molecule has 2 aromatic heterocycles. The Morgan fingerprint density at radius 1 is 1.12 bits per heavy atom. The molecule has 2 rings (SSSR count). The lowest BCUT2D eigenvalue weighted by Crippen LogP contribution is -2.20. The molecule has 0 amide bonds. The predicted octanol–water partition coefficient (Wildman–Crippen LogP) is 3.31. The molecular formula is C15H18N2. The van der Waals surface area contributed by atoms with Crippen LogP contribution in [0.25, 0.3) is 0 Å². The van der Waals surface area contributed by atoms with Gasteiger partial charge in [-0.05, 0) is 42.0 Å². The zero-order valence-electron chi connectivity index (χ0n) is 10.6. The summed E-state index contributed by atoms with van der Waals surface area (Å²) >= 11 is 0. The summed E-state index contributed by atoms with van der Waals surface area (Å²) in [6.45, 7) is 6.49. The molecule has 17 heavy (non-hydrogen) atoms. The lowest BCUT2D eigenvalue weighted by molar-refractivity contribution is 0.519. The van der Waals surface area contributed by atoms with E-state index in [1.165, 1.54) is 11.1 Å². The average Bonchev–Trinajstić information content (AvgIpc) is 2.33. The molecule has 2 heterocycles. The zero-order valence-corrected chi connectivity index (χ0v) is 10.6. The molecule has 2 heteroatoms. The summed E-state index contributed by atoms with van der Waals surface area (Å²) in [7, 11) is 0. The van der Waals surface area contributed by atoms with Crippen molar-refractivity contribution < 1.29 is 0 Å². The Kier molecular flexibility index (Phi) is 3.23. The third-order valence-electron chi connectivity index (χ3n) is 3.06. The largest absolute Gasteiger partial charge is 0.264 e. The summed E-state index contributed by atoms with van der Waals surface area (Å²) in [5.41, 5.74) is 3.68. The van der Waals surface area contributed by atoms with Crippen LogP contribution in [0.15, 0.2) is 42.9 Å². The summed E-state index contributed by atoms with van der Waals surface area (Å²) in [5.74, 6) is 0. The van der Waals surface area contributed by atoms with Crippen molar-refractivity contribution in [1.29, 1.82) is 0 Å². The molecular weight excluding hydrogens is 208 g/mol. The minimum Gasteiger partial charge on any atom is -0.264 e. The van der Waals surface area contributed by atoms with Crippen molar-refractivity contribution in [2.45, 2.75) is 32.6 Å². The van der Waals surface area contributed by atoms with Gasteiger partial charge < -0.3 is 0 Å². The van der Waals surface area contributed by atoms with Crippen LogP contribution in [0.5, 0.6) is 0 Å². The highest BCUT2D eigenvalue weighted by molar-refractivity contribution is 5.24. The summed E-state index contributed by atoms with van der Waals surface area (Å²) < 4.78 is 0. The molecule has 0 aromatic carbocycles. The van der Waals surface area contributed by atoms with Gasteiger partial charge in [-0.25, -0.2) is 0 Å². The van der Waals surface area contributed by atoms with E-state index in [1.54, 1.807) is 0 Å². The molecule has 2 nitrogen and oxygen atoms in total. The molecule has 0 aliphatic heterocycles. The van der Waals surface area contributed by atoms with E-state index >= 15 is 0 Å². The third-order valence-corrected chi connectivity index (χ3v) is 3.06. The van der Waals surface area contributed by atoms with Crippen LogP contribution in [0.1, 0.15) is 30.7 Å². The second-order valence-corrected chi connectivity index (χ2v) is 5.11. The second kappa shape index (κ2) is 4.66. The monoisotopic (exact) mass is 226 g/mol. The fourth-order valence-corrected chi connectivity index (χ4v) is 1.98. The molecule has 0 unspecified atom stereocenters. The fourth-order valence-electron chi connectivity index (χ4n) is 1.98. The van der Waals surface area contributed by atoms with Gasteiger partial charge in [0.25, 0.3) is 0 Å². The topological polar surface area (TPSA) is 25.8 Å². The van der Waals surface area contributed by atoms with Gasteiger partial charge in [-0.1, -0.05) is 26.0 Å². The van der Waals surface area contributed by atoms with Crippen LogP contribution in [0.4, 0.5) is 0 Å². The summed E-state index contributed by atoms with van der Waals surface area (Å²) in [6.07, 6.45) is 6.70. The highest BCUT2D eigenvalue weighted by Gasteiger charge is 2.21. The first-order valence-electron chi connectivity index (χ1n) is 5.90. The lowest BCUT2D eigenvalue weighted by Gasteiger charge is -2.24. The van der Waals surface area contributed by atoms with E-state index in [2.05, 4.69) is 42.0 Å². The number of nitrogens with zero attached hydrogens (tertiary/aromatic N) is 2. The number of aromatic nitrogens is 2. The SMILES string of the molecule is Cc1ccc(CC(C)(C)c2cccnc2)cn1. The Morgan fingerprint density at radius 3 is 2.53 bits per heavy atom. The Balaban J connectivity index is 2.20. The minimum atomic E-state index is 0.0885. The van der Waals surface area contributed by atoms with Crippen molar-refractivity contribution in [3.05, 3.63) is 59.7 Å². The zero-order chi connectivity index (χ0) is 12.3. The maximum atomic E-state index is 4.34. The molecule has 0 aliphatic rings. The Morgan fingerprint density at radius 2 is 1.94 bits per heavy atom. The standard InChI is InChI=1S/C15H18N2/c1-12-6-7-13(10-17-12)9-15(2,3)14-5-4-8-16-11-14/h4-8,10-11H,9H2,1-3H3. The Labute approximate surface area is 103 Å². The van der Waals surface area contributed by atoms with Crippen LogP contribution in [-0.4, -0.2) is 9.97 Å². The van der Waals surface area contributed by atoms with Crippen molar-refractivity contribution in [3.63, 3.8) is 0 Å². The average molecular weight is 226 g/mol. The molecule has 0 fully saturated rings. The minimum absolute atomic E-state index is 0.0885. The summed E-state index contributed by atoms with van der Waals surface area (Å²) in [4.78, 5) is 8.53. The van der Waals surface area contributed by atoms with E-state index in [1.807, 2.05) is 31.6 Å². The van der Waals surface area contributed by atoms with E-state index in [9.17, 15) is 0 Å². The first-order valence-corrected chi connectivity index (χ1v) is 5.90. The van der Waals surface area contributed by atoms with Gasteiger partial charge >= 0.3 is 0 Å². The first-order chi connectivity index (χ1) is 8.08.